The fraction of sp³-hybridized carbons (Fsp3) is 0.538. The van der Waals surface area contributed by atoms with E-state index in [-0.39, 0.29) is 10.6 Å². The van der Waals surface area contributed by atoms with Gasteiger partial charge in [-0.25, -0.2) is 18.1 Å². The first-order valence-corrected chi connectivity index (χ1v) is 7.92. The Bertz CT molecular complexity index is 578. The van der Waals surface area contributed by atoms with E-state index in [9.17, 15) is 8.42 Å². The van der Waals surface area contributed by atoms with Crippen molar-refractivity contribution < 1.29 is 8.42 Å². The molecular formula is C13H20N4O2S. The predicted molar refractivity (Wildman–Crippen MR) is 76.5 cm³/mol. The van der Waals surface area contributed by atoms with Crippen LogP contribution < -0.4 is 4.72 Å². The van der Waals surface area contributed by atoms with Gasteiger partial charge in [-0.3, -0.25) is 0 Å². The fourth-order valence-corrected chi connectivity index (χ4v) is 2.74. The third kappa shape index (κ3) is 4.56. The molecule has 0 aliphatic heterocycles. The van der Waals surface area contributed by atoms with E-state index in [0.29, 0.717) is 19.0 Å². The molecule has 1 rings (SSSR count). The van der Waals surface area contributed by atoms with Gasteiger partial charge in [-0.15, -0.1) is 0 Å². The van der Waals surface area contributed by atoms with Gasteiger partial charge in [-0.2, -0.15) is 5.26 Å². The van der Waals surface area contributed by atoms with Gasteiger partial charge in [0.1, 0.15) is 11.0 Å². The summed E-state index contributed by atoms with van der Waals surface area (Å²) in [6.45, 7) is 5.30. The SMILES string of the molecule is CC(C)N(C)CCCNS(=O)(=O)c1cccnc1C#N. The summed E-state index contributed by atoms with van der Waals surface area (Å²) in [5, 5.41) is 8.88. The summed E-state index contributed by atoms with van der Waals surface area (Å²) in [6.07, 6.45) is 2.10. The van der Waals surface area contributed by atoms with Crippen LogP contribution in [0.25, 0.3) is 0 Å². The summed E-state index contributed by atoms with van der Waals surface area (Å²) in [4.78, 5) is 5.82. The molecule has 7 heteroatoms. The summed E-state index contributed by atoms with van der Waals surface area (Å²) in [5.74, 6) is 0. The number of pyridine rings is 1. The first kappa shape index (κ1) is 16.6. The van der Waals surface area contributed by atoms with Crippen molar-refractivity contribution >= 4 is 10.0 Å². The minimum atomic E-state index is -3.67. The third-order valence-corrected chi connectivity index (χ3v) is 4.52. The normalized spacial score (nSPS) is 11.8. The van der Waals surface area contributed by atoms with Crippen molar-refractivity contribution in [1.82, 2.24) is 14.6 Å². The molecule has 0 bridgehead atoms. The van der Waals surface area contributed by atoms with Crippen LogP contribution in [0.3, 0.4) is 0 Å². The van der Waals surface area contributed by atoms with Crippen LogP contribution >= 0.6 is 0 Å². The predicted octanol–water partition coefficient (Wildman–Crippen LogP) is 0.962. The van der Waals surface area contributed by atoms with Crippen molar-refractivity contribution in [3.8, 4) is 6.07 Å². The van der Waals surface area contributed by atoms with E-state index in [2.05, 4.69) is 28.5 Å². The molecule has 0 radical (unpaired) electrons. The van der Waals surface area contributed by atoms with Gasteiger partial charge in [-0.1, -0.05) is 0 Å². The molecular weight excluding hydrogens is 276 g/mol. The lowest BCUT2D eigenvalue weighted by atomic mass is 10.3. The van der Waals surface area contributed by atoms with Gasteiger partial charge >= 0.3 is 0 Å². The van der Waals surface area contributed by atoms with Crippen molar-refractivity contribution in [2.24, 2.45) is 0 Å². The lowest BCUT2D eigenvalue weighted by molar-refractivity contribution is 0.271. The van der Waals surface area contributed by atoms with E-state index in [1.54, 1.807) is 6.07 Å². The second-order valence-electron chi connectivity index (χ2n) is 4.79. The van der Waals surface area contributed by atoms with Gasteiger partial charge in [0.15, 0.2) is 5.69 Å². The molecule has 0 aliphatic rings. The summed E-state index contributed by atoms with van der Waals surface area (Å²) >= 11 is 0. The molecule has 0 fully saturated rings. The van der Waals surface area contributed by atoms with Gasteiger partial charge in [-0.05, 0) is 46.0 Å². The summed E-state index contributed by atoms with van der Waals surface area (Å²) < 4.78 is 26.6. The fourth-order valence-electron chi connectivity index (χ4n) is 1.56. The monoisotopic (exact) mass is 296 g/mol. The first-order valence-electron chi connectivity index (χ1n) is 6.43. The molecule has 110 valence electrons. The van der Waals surface area contributed by atoms with Crippen LogP contribution in [0.2, 0.25) is 0 Å². The molecule has 0 saturated heterocycles. The number of nitrogens with one attached hydrogen (secondary N) is 1. The summed E-state index contributed by atoms with van der Waals surface area (Å²) in [6, 6.07) is 5.10. The van der Waals surface area contributed by atoms with Crippen molar-refractivity contribution in [3.63, 3.8) is 0 Å². The van der Waals surface area contributed by atoms with E-state index < -0.39 is 10.0 Å². The van der Waals surface area contributed by atoms with Gasteiger partial charge in [0.25, 0.3) is 0 Å². The molecule has 0 amide bonds. The molecule has 0 unspecified atom stereocenters. The molecule has 6 nitrogen and oxygen atoms in total. The number of nitriles is 1. The van der Waals surface area contributed by atoms with Gasteiger partial charge in [0, 0.05) is 18.8 Å². The highest BCUT2D eigenvalue weighted by molar-refractivity contribution is 7.89. The van der Waals surface area contributed by atoms with Crippen molar-refractivity contribution in [1.29, 1.82) is 5.26 Å². The molecule has 0 aromatic carbocycles. The Morgan fingerprint density at radius 2 is 2.20 bits per heavy atom. The van der Waals surface area contributed by atoms with Crippen LogP contribution in [0.4, 0.5) is 0 Å². The van der Waals surface area contributed by atoms with Crippen LogP contribution in [0.15, 0.2) is 23.2 Å². The Labute approximate surface area is 120 Å². The molecule has 0 saturated carbocycles. The minimum absolute atomic E-state index is 0.0697. The smallest absolute Gasteiger partial charge is 0.243 e. The maximum Gasteiger partial charge on any atom is 0.243 e. The molecule has 0 aliphatic carbocycles. The zero-order valence-corrected chi connectivity index (χ0v) is 12.8. The topological polar surface area (TPSA) is 86.1 Å². The highest BCUT2D eigenvalue weighted by Crippen LogP contribution is 2.11. The molecule has 1 N–H and O–H groups in total. The van der Waals surface area contributed by atoms with Crippen LogP contribution in [0.1, 0.15) is 26.0 Å². The Kier molecular flexibility index (Phi) is 6.07. The van der Waals surface area contributed by atoms with Crippen molar-refractivity contribution in [3.05, 3.63) is 24.0 Å². The maximum atomic E-state index is 12.1. The van der Waals surface area contributed by atoms with Crippen LogP contribution in [0.5, 0.6) is 0 Å². The zero-order valence-electron chi connectivity index (χ0n) is 12.0. The van der Waals surface area contributed by atoms with E-state index in [1.807, 2.05) is 7.05 Å². The minimum Gasteiger partial charge on any atom is -0.304 e. The lowest BCUT2D eigenvalue weighted by Gasteiger charge is -2.20. The van der Waals surface area contributed by atoms with Crippen LogP contribution in [-0.4, -0.2) is 44.5 Å². The number of hydrogen-bond donors (Lipinski definition) is 1. The Morgan fingerprint density at radius 1 is 1.50 bits per heavy atom. The number of rotatable bonds is 7. The van der Waals surface area contributed by atoms with E-state index >= 15 is 0 Å². The van der Waals surface area contributed by atoms with E-state index in [1.165, 1.54) is 18.3 Å². The molecule has 0 atom stereocenters. The molecule has 1 aromatic heterocycles. The maximum absolute atomic E-state index is 12.1. The standard InChI is InChI=1S/C13H20N4O2S/c1-11(2)17(3)9-5-8-16-20(18,19)13-6-4-7-15-12(13)10-14/h4,6-7,11,16H,5,8-9H2,1-3H3. The zero-order chi connectivity index (χ0) is 15.2. The van der Waals surface area contributed by atoms with Crippen LogP contribution in [-0.2, 0) is 10.0 Å². The summed E-state index contributed by atoms with van der Waals surface area (Å²) in [5.41, 5.74) is -0.0840. The van der Waals surface area contributed by atoms with Crippen molar-refractivity contribution in [2.75, 3.05) is 20.1 Å². The quantitative estimate of drug-likeness (QED) is 0.757. The molecule has 1 aromatic rings. The Hall–Kier alpha value is -1.49. The molecule has 1 heterocycles. The average molecular weight is 296 g/mol. The number of nitrogens with zero attached hydrogens (tertiary/aromatic N) is 3. The Morgan fingerprint density at radius 3 is 2.80 bits per heavy atom. The molecule has 20 heavy (non-hydrogen) atoms. The second-order valence-corrected chi connectivity index (χ2v) is 6.52. The largest absolute Gasteiger partial charge is 0.304 e. The highest BCUT2D eigenvalue weighted by atomic mass is 32.2. The van der Waals surface area contributed by atoms with Gasteiger partial charge < -0.3 is 4.90 Å². The number of hydrogen-bond acceptors (Lipinski definition) is 5. The number of aromatic nitrogens is 1. The Balaban J connectivity index is 2.61. The van der Waals surface area contributed by atoms with Gasteiger partial charge in [0.05, 0.1) is 0 Å². The van der Waals surface area contributed by atoms with E-state index in [4.69, 9.17) is 5.26 Å². The first-order chi connectivity index (χ1) is 9.38. The third-order valence-electron chi connectivity index (χ3n) is 3.03. The van der Waals surface area contributed by atoms with Crippen LogP contribution in [0, 0.1) is 11.3 Å². The molecule has 0 spiro atoms. The van der Waals surface area contributed by atoms with Gasteiger partial charge in [0.2, 0.25) is 10.0 Å². The lowest BCUT2D eigenvalue weighted by Crippen LogP contribution is -2.31. The highest BCUT2D eigenvalue weighted by Gasteiger charge is 2.18. The van der Waals surface area contributed by atoms with Crippen molar-refractivity contribution in [2.45, 2.75) is 31.2 Å². The van der Waals surface area contributed by atoms with E-state index in [0.717, 1.165) is 6.54 Å². The second kappa shape index (κ2) is 7.33. The average Bonchev–Trinajstić information content (AvgIpc) is 2.43. The summed E-state index contributed by atoms with van der Waals surface area (Å²) in [7, 11) is -1.68. The number of sulfonamides is 1.